The average molecular weight is 412 g/mol. The SMILES string of the molecule is CS(=O)(=O)c1c(C(F)(F)F)ccc(-c2ccc(C(N)=O)nc2)c1-c1nn[nH]n1. The summed E-state index contributed by atoms with van der Waals surface area (Å²) in [5, 5.41) is 12.7. The van der Waals surface area contributed by atoms with Crippen molar-refractivity contribution in [2.45, 2.75) is 11.1 Å². The number of nitrogens with one attached hydrogen (secondary N) is 1. The second kappa shape index (κ2) is 6.67. The van der Waals surface area contributed by atoms with Gasteiger partial charge in [-0.15, -0.1) is 10.2 Å². The van der Waals surface area contributed by atoms with E-state index in [1.54, 1.807) is 0 Å². The van der Waals surface area contributed by atoms with Gasteiger partial charge < -0.3 is 5.73 Å². The molecule has 0 radical (unpaired) electrons. The van der Waals surface area contributed by atoms with Gasteiger partial charge >= 0.3 is 6.18 Å². The summed E-state index contributed by atoms with van der Waals surface area (Å²) in [6, 6.07) is 4.35. The molecule has 3 N–H and O–H groups in total. The van der Waals surface area contributed by atoms with E-state index < -0.39 is 32.4 Å². The van der Waals surface area contributed by atoms with Gasteiger partial charge in [-0.05, 0) is 22.9 Å². The van der Waals surface area contributed by atoms with Crippen LogP contribution in [0.25, 0.3) is 22.5 Å². The molecular formula is C15H11F3N6O3S. The molecule has 0 saturated heterocycles. The molecule has 3 aromatic rings. The van der Waals surface area contributed by atoms with Crippen molar-refractivity contribution in [3.8, 4) is 22.5 Å². The Kier molecular flexibility index (Phi) is 4.62. The summed E-state index contributed by atoms with van der Waals surface area (Å²) >= 11 is 0. The fourth-order valence-corrected chi connectivity index (χ4v) is 3.78. The summed E-state index contributed by atoms with van der Waals surface area (Å²) < 4.78 is 65.0. The molecule has 28 heavy (non-hydrogen) atoms. The molecule has 1 amide bonds. The predicted octanol–water partition coefficient (Wildman–Crippen LogP) is 1.45. The van der Waals surface area contributed by atoms with E-state index >= 15 is 0 Å². The summed E-state index contributed by atoms with van der Waals surface area (Å²) in [5.41, 5.74) is 3.58. The van der Waals surface area contributed by atoms with Crippen LogP contribution < -0.4 is 5.73 Å². The molecule has 0 aliphatic rings. The molecule has 0 fully saturated rings. The molecule has 0 spiro atoms. The van der Waals surface area contributed by atoms with Crippen LogP contribution in [0.1, 0.15) is 16.1 Å². The number of halogens is 3. The molecule has 0 saturated carbocycles. The number of aromatic nitrogens is 5. The molecule has 13 heteroatoms. The van der Waals surface area contributed by atoms with Crippen LogP contribution in [0.2, 0.25) is 0 Å². The van der Waals surface area contributed by atoms with Crippen LogP contribution in [0.4, 0.5) is 13.2 Å². The van der Waals surface area contributed by atoms with E-state index in [0.29, 0.717) is 12.3 Å². The number of hydrogen-bond donors (Lipinski definition) is 2. The molecule has 2 aromatic heterocycles. The van der Waals surface area contributed by atoms with Gasteiger partial charge in [-0.2, -0.15) is 18.4 Å². The average Bonchev–Trinajstić information content (AvgIpc) is 3.13. The highest BCUT2D eigenvalue weighted by Crippen LogP contribution is 2.43. The molecule has 1 aromatic carbocycles. The minimum absolute atomic E-state index is 0.0540. The number of tetrazole rings is 1. The molecule has 0 aliphatic heterocycles. The number of benzene rings is 1. The lowest BCUT2D eigenvalue weighted by atomic mass is 9.97. The van der Waals surface area contributed by atoms with Crippen LogP contribution in [0, 0.1) is 0 Å². The lowest BCUT2D eigenvalue weighted by Crippen LogP contribution is -2.15. The quantitative estimate of drug-likeness (QED) is 0.660. The van der Waals surface area contributed by atoms with E-state index in [1.165, 1.54) is 18.3 Å². The molecule has 0 atom stereocenters. The lowest BCUT2D eigenvalue weighted by Gasteiger charge is -2.17. The van der Waals surface area contributed by atoms with Crippen molar-refractivity contribution in [3.63, 3.8) is 0 Å². The molecule has 0 bridgehead atoms. The number of sulfone groups is 1. The fraction of sp³-hybridized carbons (Fsp3) is 0.133. The van der Waals surface area contributed by atoms with Crippen LogP contribution in [0.15, 0.2) is 35.4 Å². The number of primary amides is 1. The third-order valence-electron chi connectivity index (χ3n) is 3.73. The summed E-state index contributed by atoms with van der Waals surface area (Å²) in [5.74, 6) is -1.14. The minimum atomic E-state index is -4.94. The topological polar surface area (TPSA) is 145 Å². The normalized spacial score (nSPS) is 12.1. The second-order valence-corrected chi connectivity index (χ2v) is 7.62. The van der Waals surface area contributed by atoms with E-state index in [-0.39, 0.29) is 28.2 Å². The zero-order chi connectivity index (χ0) is 20.7. The summed E-state index contributed by atoms with van der Waals surface area (Å²) in [6.45, 7) is 0. The van der Waals surface area contributed by atoms with Crippen molar-refractivity contribution in [1.82, 2.24) is 25.6 Å². The third-order valence-corrected chi connectivity index (χ3v) is 4.90. The van der Waals surface area contributed by atoms with Gasteiger partial charge in [0.25, 0.3) is 5.91 Å². The highest BCUT2D eigenvalue weighted by atomic mass is 32.2. The van der Waals surface area contributed by atoms with Gasteiger partial charge in [-0.25, -0.2) is 8.42 Å². The first-order valence-electron chi connectivity index (χ1n) is 7.44. The van der Waals surface area contributed by atoms with Gasteiger partial charge in [0, 0.05) is 18.0 Å². The van der Waals surface area contributed by atoms with Crippen molar-refractivity contribution in [2.75, 3.05) is 6.26 Å². The maximum atomic E-state index is 13.5. The minimum Gasteiger partial charge on any atom is -0.364 e. The Morgan fingerprint density at radius 2 is 1.89 bits per heavy atom. The third kappa shape index (κ3) is 3.55. The zero-order valence-electron chi connectivity index (χ0n) is 14.0. The Morgan fingerprint density at radius 3 is 2.36 bits per heavy atom. The molecule has 3 rings (SSSR count). The van der Waals surface area contributed by atoms with Gasteiger partial charge in [0.05, 0.1) is 16.0 Å². The summed E-state index contributed by atoms with van der Waals surface area (Å²) in [7, 11) is -4.36. The number of nitrogens with zero attached hydrogens (tertiary/aromatic N) is 4. The van der Waals surface area contributed by atoms with E-state index in [4.69, 9.17) is 5.73 Å². The predicted molar refractivity (Wildman–Crippen MR) is 89.5 cm³/mol. The Hall–Kier alpha value is -3.35. The number of pyridine rings is 1. The Balaban J connectivity index is 2.40. The van der Waals surface area contributed by atoms with Gasteiger partial charge in [0.2, 0.25) is 5.82 Å². The summed E-state index contributed by atoms with van der Waals surface area (Å²) in [6.07, 6.45) is -3.11. The fourth-order valence-electron chi connectivity index (χ4n) is 2.62. The lowest BCUT2D eigenvalue weighted by molar-refractivity contribution is -0.139. The second-order valence-electron chi connectivity index (χ2n) is 5.67. The molecule has 146 valence electrons. The summed E-state index contributed by atoms with van der Waals surface area (Å²) in [4.78, 5) is 14.0. The molecule has 9 nitrogen and oxygen atoms in total. The van der Waals surface area contributed by atoms with E-state index in [0.717, 1.165) is 6.07 Å². The van der Waals surface area contributed by atoms with Crippen LogP contribution in [-0.4, -0.2) is 46.2 Å². The smallest absolute Gasteiger partial charge is 0.364 e. The number of alkyl halides is 3. The number of rotatable bonds is 4. The van der Waals surface area contributed by atoms with Gasteiger partial charge in [-0.3, -0.25) is 9.78 Å². The number of nitrogens with two attached hydrogens (primary N) is 1. The van der Waals surface area contributed by atoms with Crippen LogP contribution in [-0.2, 0) is 16.0 Å². The number of aromatic amines is 1. The van der Waals surface area contributed by atoms with Crippen LogP contribution in [0.3, 0.4) is 0 Å². The molecular weight excluding hydrogens is 401 g/mol. The number of carbonyl (C=O) groups is 1. The van der Waals surface area contributed by atoms with Crippen LogP contribution >= 0.6 is 0 Å². The standard InChI is InChI=1S/C15H11F3N6O3S/c1-28(26,27)12-9(15(16,17)18)4-3-8(11(12)14-21-23-24-22-14)7-2-5-10(13(19)25)20-6-7/h2-6H,1H3,(H2,19,25)(H,21,22,23,24). The maximum Gasteiger partial charge on any atom is 0.417 e. The number of amides is 1. The zero-order valence-corrected chi connectivity index (χ0v) is 14.8. The number of hydrogen-bond acceptors (Lipinski definition) is 7. The number of H-pyrrole nitrogens is 1. The van der Waals surface area contributed by atoms with Crippen molar-refractivity contribution in [2.24, 2.45) is 5.73 Å². The Labute approximate surface area is 155 Å². The van der Waals surface area contributed by atoms with Crippen molar-refractivity contribution in [3.05, 3.63) is 41.7 Å². The highest BCUT2D eigenvalue weighted by Gasteiger charge is 2.39. The van der Waals surface area contributed by atoms with Gasteiger partial charge in [0.1, 0.15) is 5.69 Å². The van der Waals surface area contributed by atoms with E-state index in [1.807, 2.05) is 0 Å². The van der Waals surface area contributed by atoms with Crippen molar-refractivity contribution >= 4 is 15.7 Å². The first-order chi connectivity index (χ1) is 13.0. The maximum absolute atomic E-state index is 13.5. The molecule has 0 aliphatic carbocycles. The monoisotopic (exact) mass is 412 g/mol. The number of carbonyl (C=O) groups excluding carboxylic acids is 1. The molecule has 2 heterocycles. The largest absolute Gasteiger partial charge is 0.417 e. The molecule has 0 unspecified atom stereocenters. The Morgan fingerprint density at radius 1 is 1.18 bits per heavy atom. The first kappa shape index (κ1) is 19.4. The van der Waals surface area contributed by atoms with Gasteiger partial charge in [0.15, 0.2) is 9.84 Å². The van der Waals surface area contributed by atoms with E-state index in [2.05, 4.69) is 25.6 Å². The highest BCUT2D eigenvalue weighted by molar-refractivity contribution is 7.91. The van der Waals surface area contributed by atoms with Crippen molar-refractivity contribution in [1.29, 1.82) is 0 Å². The van der Waals surface area contributed by atoms with Gasteiger partial charge in [-0.1, -0.05) is 12.1 Å². The van der Waals surface area contributed by atoms with E-state index in [9.17, 15) is 26.4 Å². The van der Waals surface area contributed by atoms with Crippen LogP contribution in [0.5, 0.6) is 0 Å². The Bertz CT molecular complexity index is 1140. The first-order valence-corrected chi connectivity index (χ1v) is 9.33. The van der Waals surface area contributed by atoms with Crippen molar-refractivity contribution < 1.29 is 26.4 Å².